The molecule has 29 heavy (non-hydrogen) atoms. The van der Waals surface area contributed by atoms with Crippen LogP contribution < -0.4 is 10.8 Å². The molecular weight excluding hydrogens is 576 g/mol. The van der Waals surface area contributed by atoms with Gasteiger partial charge < -0.3 is 5.32 Å². The highest BCUT2D eigenvalue weighted by Gasteiger charge is 2.22. The normalized spacial score (nSPS) is 10.7. The highest BCUT2D eigenvalue weighted by atomic mass is 127. The summed E-state index contributed by atoms with van der Waals surface area (Å²) in [6.45, 7) is 1.80. The van der Waals surface area contributed by atoms with Crippen LogP contribution in [-0.4, -0.2) is 33.7 Å². The minimum absolute atomic E-state index is 0.188. The van der Waals surface area contributed by atoms with Gasteiger partial charge in [-0.3, -0.25) is 14.4 Å². The molecule has 150 valence electrons. The number of hydrogen-bond donors (Lipinski definition) is 2. The first-order chi connectivity index (χ1) is 13.8. The maximum Gasteiger partial charge on any atom is 0.276 e. The lowest BCUT2D eigenvalue weighted by atomic mass is 10.1. The molecule has 1 aromatic carbocycles. The van der Waals surface area contributed by atoms with E-state index in [9.17, 15) is 9.59 Å². The quantitative estimate of drug-likeness (QED) is 0.344. The number of rotatable bonds is 5. The third kappa shape index (κ3) is 4.77. The van der Waals surface area contributed by atoms with Gasteiger partial charge in [-0.2, -0.15) is 5.10 Å². The second kappa shape index (κ2) is 9.20. The van der Waals surface area contributed by atoms with Crippen LogP contribution in [-0.2, 0) is 4.84 Å². The monoisotopic (exact) mass is 589 g/mol. The van der Waals surface area contributed by atoms with E-state index in [0.29, 0.717) is 26.7 Å². The molecule has 0 aliphatic carbocycles. The van der Waals surface area contributed by atoms with Crippen molar-refractivity contribution in [3.8, 4) is 5.82 Å². The number of hydrogen-bond acceptors (Lipinski definition) is 5. The molecule has 0 bridgehead atoms. The van der Waals surface area contributed by atoms with Gasteiger partial charge in [-0.15, -0.1) is 0 Å². The fourth-order valence-electron chi connectivity index (χ4n) is 2.62. The number of benzene rings is 1. The Morgan fingerprint density at radius 3 is 2.72 bits per heavy atom. The van der Waals surface area contributed by atoms with E-state index in [4.69, 9.17) is 16.4 Å². The Morgan fingerprint density at radius 1 is 1.28 bits per heavy atom. The van der Waals surface area contributed by atoms with Crippen molar-refractivity contribution in [2.45, 2.75) is 6.92 Å². The molecule has 8 nitrogen and oxygen atoms in total. The lowest BCUT2D eigenvalue weighted by molar-refractivity contribution is 0.0538. The van der Waals surface area contributed by atoms with Crippen LogP contribution in [0, 0.1) is 10.5 Å². The summed E-state index contributed by atoms with van der Waals surface area (Å²) in [7, 11) is 1.34. The summed E-state index contributed by atoms with van der Waals surface area (Å²) in [6.07, 6.45) is 1.55. The maximum absolute atomic E-state index is 13.1. The summed E-state index contributed by atoms with van der Waals surface area (Å²) in [5.74, 6) is -0.658. The van der Waals surface area contributed by atoms with Gasteiger partial charge in [0, 0.05) is 15.8 Å². The molecule has 0 aliphatic rings. The Kier molecular flexibility index (Phi) is 6.88. The molecule has 0 atom stereocenters. The number of carbonyl (C=O) groups is 2. The average Bonchev–Trinajstić information content (AvgIpc) is 3.05. The van der Waals surface area contributed by atoms with Crippen LogP contribution >= 0.6 is 50.1 Å². The van der Waals surface area contributed by atoms with Crippen molar-refractivity contribution >= 4 is 67.6 Å². The topological polar surface area (TPSA) is 98.1 Å². The first-order valence-electron chi connectivity index (χ1n) is 8.13. The molecular formula is C18H14BrClIN5O3. The van der Waals surface area contributed by atoms with E-state index in [0.717, 1.165) is 3.57 Å². The zero-order valence-electron chi connectivity index (χ0n) is 15.2. The van der Waals surface area contributed by atoms with Crippen LogP contribution in [0.1, 0.15) is 26.4 Å². The smallest absolute Gasteiger partial charge is 0.276 e. The molecule has 2 heterocycles. The van der Waals surface area contributed by atoms with E-state index in [1.54, 1.807) is 31.3 Å². The van der Waals surface area contributed by atoms with Crippen molar-refractivity contribution in [2.75, 3.05) is 12.4 Å². The van der Waals surface area contributed by atoms with E-state index in [2.05, 4.69) is 59.4 Å². The highest BCUT2D eigenvalue weighted by Crippen LogP contribution is 2.26. The summed E-state index contributed by atoms with van der Waals surface area (Å²) in [6, 6.07) is 8.37. The molecule has 2 N–H and O–H groups in total. The van der Waals surface area contributed by atoms with Crippen molar-refractivity contribution in [1.82, 2.24) is 20.2 Å². The summed E-state index contributed by atoms with van der Waals surface area (Å²) in [4.78, 5) is 34.4. The Labute approximate surface area is 193 Å². The van der Waals surface area contributed by atoms with Crippen LogP contribution in [0.15, 0.2) is 41.1 Å². The molecule has 0 saturated heterocycles. The van der Waals surface area contributed by atoms with Crippen molar-refractivity contribution in [2.24, 2.45) is 0 Å². The van der Waals surface area contributed by atoms with Crippen LogP contribution in [0.3, 0.4) is 0 Å². The number of nitrogens with zero attached hydrogens (tertiary/aromatic N) is 3. The molecule has 0 radical (unpaired) electrons. The minimum Gasteiger partial charge on any atom is -0.320 e. The molecule has 0 spiro atoms. The van der Waals surface area contributed by atoms with Gasteiger partial charge in [0.15, 0.2) is 5.82 Å². The Hall–Kier alpha value is -2.02. The van der Waals surface area contributed by atoms with E-state index in [1.165, 1.54) is 17.9 Å². The fourth-order valence-corrected chi connectivity index (χ4v) is 3.98. The van der Waals surface area contributed by atoms with Crippen molar-refractivity contribution in [3.63, 3.8) is 0 Å². The van der Waals surface area contributed by atoms with Gasteiger partial charge in [0.25, 0.3) is 11.8 Å². The van der Waals surface area contributed by atoms with Gasteiger partial charge in [0.2, 0.25) is 0 Å². The predicted octanol–water partition coefficient (Wildman–Crippen LogP) is 4.14. The fraction of sp³-hybridized carbons (Fsp3) is 0.111. The van der Waals surface area contributed by atoms with Crippen molar-refractivity contribution in [3.05, 3.63) is 66.5 Å². The van der Waals surface area contributed by atoms with E-state index < -0.39 is 11.8 Å². The average molecular weight is 591 g/mol. The largest absolute Gasteiger partial charge is 0.320 e. The highest BCUT2D eigenvalue weighted by molar-refractivity contribution is 14.1. The maximum atomic E-state index is 13.1. The molecule has 3 aromatic rings. The van der Waals surface area contributed by atoms with Crippen LogP contribution in [0.25, 0.3) is 5.82 Å². The summed E-state index contributed by atoms with van der Waals surface area (Å²) in [5, 5.41) is 7.38. The Bertz CT molecular complexity index is 1110. The number of pyridine rings is 1. The number of nitrogens with one attached hydrogen (secondary N) is 2. The molecule has 2 aromatic heterocycles. The first-order valence-corrected chi connectivity index (χ1v) is 10.4. The summed E-state index contributed by atoms with van der Waals surface area (Å²) in [5.41, 5.74) is 3.81. The third-order valence-electron chi connectivity index (χ3n) is 3.83. The Morgan fingerprint density at radius 2 is 2.03 bits per heavy atom. The van der Waals surface area contributed by atoms with Crippen molar-refractivity contribution < 1.29 is 14.4 Å². The van der Waals surface area contributed by atoms with Crippen LogP contribution in [0.5, 0.6) is 0 Å². The van der Waals surface area contributed by atoms with E-state index in [-0.39, 0.29) is 11.3 Å². The van der Waals surface area contributed by atoms with E-state index >= 15 is 0 Å². The lowest BCUT2D eigenvalue weighted by Crippen LogP contribution is -2.25. The van der Waals surface area contributed by atoms with Gasteiger partial charge in [-0.05, 0) is 75.3 Å². The molecule has 3 rings (SSSR count). The number of halogens is 3. The van der Waals surface area contributed by atoms with Gasteiger partial charge in [-0.1, -0.05) is 11.6 Å². The number of hydroxylamine groups is 1. The summed E-state index contributed by atoms with van der Waals surface area (Å²) >= 11 is 11.6. The second-order valence-corrected chi connectivity index (χ2v) is 8.27. The molecule has 0 fully saturated rings. The SMILES string of the molecule is CONC(=O)c1cc(I)cc(C)c1NC(=O)c1cc(Br)nn1-c1ncccc1Cl. The molecule has 11 heteroatoms. The van der Waals surface area contributed by atoms with Crippen LogP contribution in [0.4, 0.5) is 5.69 Å². The Balaban J connectivity index is 2.03. The lowest BCUT2D eigenvalue weighted by Gasteiger charge is -2.15. The second-order valence-electron chi connectivity index (χ2n) is 5.81. The summed E-state index contributed by atoms with van der Waals surface area (Å²) < 4.78 is 2.60. The first kappa shape index (κ1) is 21.7. The van der Waals surface area contributed by atoms with Gasteiger partial charge in [-0.25, -0.2) is 15.1 Å². The number of amides is 2. The molecule has 0 saturated carbocycles. The molecule has 2 amide bonds. The standard InChI is InChI=1S/C18H14BrClIN5O3/c1-9-6-10(21)7-11(17(27)25-29-2)15(9)23-18(28)13-8-14(19)24-26(13)16-12(20)4-3-5-22-16/h3-8H,1-2H3,(H,23,28)(H,25,27). The van der Waals surface area contributed by atoms with Gasteiger partial charge >= 0.3 is 0 Å². The van der Waals surface area contributed by atoms with Gasteiger partial charge in [0.1, 0.15) is 10.3 Å². The van der Waals surface area contributed by atoms with Gasteiger partial charge in [0.05, 0.1) is 23.4 Å². The van der Waals surface area contributed by atoms with Crippen molar-refractivity contribution in [1.29, 1.82) is 0 Å². The van der Waals surface area contributed by atoms with E-state index in [1.807, 2.05) is 6.07 Å². The third-order valence-corrected chi connectivity index (χ3v) is 5.14. The number of aromatic nitrogens is 3. The number of carbonyl (C=O) groups excluding carboxylic acids is 2. The zero-order chi connectivity index (χ0) is 21.1. The number of anilines is 1. The molecule has 0 unspecified atom stereocenters. The minimum atomic E-state index is -0.485. The number of aryl methyl sites for hydroxylation is 1. The van der Waals surface area contributed by atoms with Crippen LogP contribution in [0.2, 0.25) is 5.02 Å². The predicted molar refractivity (Wildman–Crippen MR) is 120 cm³/mol. The zero-order valence-corrected chi connectivity index (χ0v) is 19.7. The molecule has 0 aliphatic heterocycles.